The summed E-state index contributed by atoms with van der Waals surface area (Å²) in [5, 5.41) is 1.86. The van der Waals surface area contributed by atoms with Gasteiger partial charge in [-0.3, -0.25) is 4.79 Å². The SMILES string of the molecule is CC(Cl)C(=O)NCCNS(C)(=O)=O. The molecule has 0 aliphatic heterocycles. The van der Waals surface area contributed by atoms with Crippen LogP contribution in [0.2, 0.25) is 0 Å². The van der Waals surface area contributed by atoms with E-state index in [1.807, 2.05) is 0 Å². The van der Waals surface area contributed by atoms with Crippen LogP contribution in [-0.2, 0) is 14.8 Å². The Bertz CT molecular complexity index is 263. The Morgan fingerprint density at radius 1 is 1.46 bits per heavy atom. The smallest absolute Gasteiger partial charge is 0.237 e. The predicted molar refractivity (Wildman–Crippen MR) is 51.2 cm³/mol. The summed E-state index contributed by atoms with van der Waals surface area (Å²) in [7, 11) is -3.18. The van der Waals surface area contributed by atoms with E-state index in [0.717, 1.165) is 6.26 Å². The second-order valence-corrected chi connectivity index (χ2v) is 5.06. The number of halogens is 1. The zero-order chi connectivity index (χ0) is 10.5. The molecule has 0 aliphatic rings. The summed E-state index contributed by atoms with van der Waals surface area (Å²) in [6.07, 6.45) is 1.05. The third-order valence-electron chi connectivity index (χ3n) is 1.15. The average Bonchev–Trinajstić information content (AvgIpc) is 1.95. The number of hydrogen-bond acceptors (Lipinski definition) is 3. The highest BCUT2D eigenvalue weighted by Crippen LogP contribution is 1.90. The van der Waals surface area contributed by atoms with Crippen molar-refractivity contribution in [2.75, 3.05) is 19.3 Å². The van der Waals surface area contributed by atoms with Gasteiger partial charge in [-0.2, -0.15) is 0 Å². The topological polar surface area (TPSA) is 75.3 Å². The lowest BCUT2D eigenvalue weighted by molar-refractivity contribution is -0.120. The second-order valence-electron chi connectivity index (χ2n) is 2.57. The van der Waals surface area contributed by atoms with Gasteiger partial charge in [-0.1, -0.05) is 0 Å². The third kappa shape index (κ3) is 8.01. The highest BCUT2D eigenvalue weighted by Gasteiger charge is 2.07. The quantitative estimate of drug-likeness (QED) is 0.482. The van der Waals surface area contributed by atoms with Crippen molar-refractivity contribution in [1.29, 1.82) is 0 Å². The van der Waals surface area contributed by atoms with Crippen molar-refractivity contribution in [3.05, 3.63) is 0 Å². The lowest BCUT2D eigenvalue weighted by Crippen LogP contribution is -2.36. The molecule has 13 heavy (non-hydrogen) atoms. The largest absolute Gasteiger partial charge is 0.354 e. The second kappa shape index (κ2) is 5.41. The van der Waals surface area contributed by atoms with Gasteiger partial charge in [0.15, 0.2) is 0 Å². The molecule has 0 aromatic rings. The Morgan fingerprint density at radius 3 is 2.38 bits per heavy atom. The lowest BCUT2D eigenvalue weighted by atomic mass is 10.4. The summed E-state index contributed by atoms with van der Waals surface area (Å²) in [5.74, 6) is -0.308. The Labute approximate surface area is 82.9 Å². The molecule has 5 nitrogen and oxygen atoms in total. The fraction of sp³-hybridized carbons (Fsp3) is 0.833. The van der Waals surface area contributed by atoms with Crippen LogP contribution in [0, 0.1) is 0 Å². The number of rotatable bonds is 5. The molecule has 0 aliphatic carbocycles. The molecule has 1 amide bonds. The van der Waals surface area contributed by atoms with Crippen LogP contribution in [0.25, 0.3) is 0 Å². The molecule has 0 heterocycles. The van der Waals surface area contributed by atoms with Crippen LogP contribution in [-0.4, -0.2) is 39.0 Å². The maximum Gasteiger partial charge on any atom is 0.237 e. The van der Waals surface area contributed by atoms with Gasteiger partial charge >= 0.3 is 0 Å². The monoisotopic (exact) mass is 228 g/mol. The van der Waals surface area contributed by atoms with Crippen LogP contribution in [0.3, 0.4) is 0 Å². The van der Waals surface area contributed by atoms with Crippen molar-refractivity contribution in [3.63, 3.8) is 0 Å². The summed E-state index contributed by atoms with van der Waals surface area (Å²) < 4.78 is 23.4. The number of hydrogen-bond donors (Lipinski definition) is 2. The van der Waals surface area contributed by atoms with Crippen molar-refractivity contribution in [2.45, 2.75) is 12.3 Å². The van der Waals surface area contributed by atoms with E-state index in [2.05, 4.69) is 10.0 Å². The minimum atomic E-state index is -3.18. The molecular weight excluding hydrogens is 216 g/mol. The molecule has 1 atom stereocenters. The minimum Gasteiger partial charge on any atom is -0.354 e. The Kier molecular flexibility index (Phi) is 5.27. The number of nitrogens with one attached hydrogen (secondary N) is 2. The van der Waals surface area contributed by atoms with Gasteiger partial charge in [0.2, 0.25) is 15.9 Å². The highest BCUT2D eigenvalue weighted by molar-refractivity contribution is 7.88. The fourth-order valence-corrected chi connectivity index (χ4v) is 1.11. The number of alkyl halides is 1. The van der Waals surface area contributed by atoms with E-state index < -0.39 is 15.4 Å². The van der Waals surface area contributed by atoms with Gasteiger partial charge in [0.1, 0.15) is 5.38 Å². The van der Waals surface area contributed by atoms with Crippen LogP contribution < -0.4 is 10.0 Å². The van der Waals surface area contributed by atoms with Crippen LogP contribution in [0.15, 0.2) is 0 Å². The molecule has 0 saturated carbocycles. The van der Waals surface area contributed by atoms with E-state index in [1.54, 1.807) is 6.92 Å². The Balaban J connectivity index is 3.53. The molecule has 0 aromatic carbocycles. The first-order valence-electron chi connectivity index (χ1n) is 3.69. The van der Waals surface area contributed by atoms with Gasteiger partial charge in [-0.15, -0.1) is 11.6 Å². The zero-order valence-corrected chi connectivity index (χ0v) is 9.07. The van der Waals surface area contributed by atoms with E-state index in [0.29, 0.717) is 0 Å². The van der Waals surface area contributed by atoms with Crippen LogP contribution >= 0.6 is 11.6 Å². The fourth-order valence-electron chi connectivity index (χ4n) is 0.563. The summed E-state index contributed by atoms with van der Waals surface area (Å²) in [5.41, 5.74) is 0. The van der Waals surface area contributed by atoms with Gasteiger partial charge in [0.05, 0.1) is 6.26 Å². The van der Waals surface area contributed by atoms with Crippen LogP contribution in [0.5, 0.6) is 0 Å². The molecule has 7 heteroatoms. The Morgan fingerprint density at radius 2 is 2.00 bits per heavy atom. The number of amides is 1. The van der Waals surface area contributed by atoms with Gasteiger partial charge in [0.25, 0.3) is 0 Å². The van der Waals surface area contributed by atoms with E-state index >= 15 is 0 Å². The van der Waals surface area contributed by atoms with Gasteiger partial charge in [-0.25, -0.2) is 13.1 Å². The third-order valence-corrected chi connectivity index (χ3v) is 2.08. The molecular formula is C6H13ClN2O3S. The molecule has 0 spiro atoms. The molecule has 78 valence electrons. The maximum atomic E-state index is 10.8. The van der Waals surface area contributed by atoms with E-state index in [-0.39, 0.29) is 19.0 Å². The molecule has 0 radical (unpaired) electrons. The van der Waals surface area contributed by atoms with Crippen LogP contribution in [0.1, 0.15) is 6.92 Å². The van der Waals surface area contributed by atoms with Gasteiger partial charge in [0, 0.05) is 13.1 Å². The molecule has 1 unspecified atom stereocenters. The average molecular weight is 229 g/mol. The maximum absolute atomic E-state index is 10.8. The van der Waals surface area contributed by atoms with E-state index in [1.165, 1.54) is 0 Å². The highest BCUT2D eigenvalue weighted by atomic mass is 35.5. The van der Waals surface area contributed by atoms with E-state index in [4.69, 9.17) is 11.6 Å². The normalized spacial score (nSPS) is 13.8. The molecule has 0 fully saturated rings. The summed E-state index contributed by atoms with van der Waals surface area (Å²) in [6.45, 7) is 1.96. The van der Waals surface area contributed by atoms with E-state index in [9.17, 15) is 13.2 Å². The number of carbonyl (C=O) groups excluding carboxylic acids is 1. The van der Waals surface area contributed by atoms with Crippen molar-refractivity contribution in [3.8, 4) is 0 Å². The van der Waals surface area contributed by atoms with Crippen molar-refractivity contribution < 1.29 is 13.2 Å². The summed E-state index contributed by atoms with van der Waals surface area (Å²) in [4.78, 5) is 10.8. The first-order chi connectivity index (χ1) is 5.83. The predicted octanol–water partition coefficient (Wildman–Crippen LogP) is -0.721. The van der Waals surface area contributed by atoms with Crippen LogP contribution in [0.4, 0.5) is 0 Å². The Hall–Kier alpha value is -0.330. The number of sulfonamides is 1. The number of carbonyl (C=O) groups is 1. The molecule has 0 rings (SSSR count). The summed E-state index contributed by atoms with van der Waals surface area (Å²) in [6, 6.07) is 0. The first kappa shape index (κ1) is 12.7. The molecule has 2 N–H and O–H groups in total. The zero-order valence-electron chi connectivity index (χ0n) is 7.50. The summed E-state index contributed by atoms with van der Waals surface area (Å²) >= 11 is 5.45. The molecule has 0 aromatic heterocycles. The van der Waals surface area contributed by atoms with Crippen molar-refractivity contribution >= 4 is 27.5 Å². The standard InChI is InChI=1S/C6H13ClN2O3S/c1-5(7)6(10)8-3-4-9-13(2,11)12/h5,9H,3-4H2,1-2H3,(H,8,10). The molecule has 0 saturated heterocycles. The van der Waals surface area contributed by atoms with Crippen molar-refractivity contribution in [2.24, 2.45) is 0 Å². The first-order valence-corrected chi connectivity index (χ1v) is 6.02. The van der Waals surface area contributed by atoms with Gasteiger partial charge < -0.3 is 5.32 Å². The molecule has 0 bridgehead atoms. The van der Waals surface area contributed by atoms with Crippen molar-refractivity contribution in [1.82, 2.24) is 10.0 Å². The minimum absolute atomic E-state index is 0.175. The van der Waals surface area contributed by atoms with Gasteiger partial charge in [-0.05, 0) is 6.92 Å². The lowest BCUT2D eigenvalue weighted by Gasteiger charge is -2.06.